The van der Waals surface area contributed by atoms with Gasteiger partial charge in [0.1, 0.15) is 11.9 Å². The highest BCUT2D eigenvalue weighted by Crippen LogP contribution is 2.41. The quantitative estimate of drug-likeness (QED) is 0.703. The van der Waals surface area contributed by atoms with E-state index >= 15 is 0 Å². The van der Waals surface area contributed by atoms with Crippen molar-refractivity contribution in [2.45, 2.75) is 43.8 Å². The number of fused-ring (bicyclic) bond motifs is 3. The van der Waals surface area contributed by atoms with Gasteiger partial charge < -0.3 is 10.2 Å². The van der Waals surface area contributed by atoms with Crippen molar-refractivity contribution in [2.24, 2.45) is 0 Å². The van der Waals surface area contributed by atoms with E-state index in [2.05, 4.69) is 10.6 Å². The molecule has 9 heteroatoms. The van der Waals surface area contributed by atoms with Crippen molar-refractivity contribution < 1.29 is 23.6 Å². The summed E-state index contributed by atoms with van der Waals surface area (Å²) in [5.41, 5.74) is 0.317. The first-order valence-corrected chi connectivity index (χ1v) is 9.50. The zero-order chi connectivity index (χ0) is 19.6. The maximum absolute atomic E-state index is 14.9. The zero-order valence-corrected chi connectivity index (χ0v) is 15.0. The Hall–Kier alpha value is -2.81. The van der Waals surface area contributed by atoms with Crippen LogP contribution in [0.25, 0.3) is 0 Å². The summed E-state index contributed by atoms with van der Waals surface area (Å²) in [7, 11) is 0. The number of nitrogens with one attached hydrogen (secondary N) is 2. The molecule has 1 aromatic carbocycles. The first kappa shape index (κ1) is 17.3. The summed E-state index contributed by atoms with van der Waals surface area (Å²) in [5.74, 6) is -2.92. The number of nitrogens with zero attached hydrogens (tertiary/aromatic N) is 2. The molecule has 8 nitrogen and oxygen atoms in total. The molecule has 3 fully saturated rings. The maximum atomic E-state index is 14.9. The first-order valence-electron chi connectivity index (χ1n) is 9.50. The highest BCUT2D eigenvalue weighted by Gasteiger charge is 2.48. The molecule has 5 rings (SSSR count). The van der Waals surface area contributed by atoms with E-state index in [9.17, 15) is 23.6 Å². The Bertz CT molecular complexity index is 917. The third kappa shape index (κ3) is 2.32. The van der Waals surface area contributed by atoms with Gasteiger partial charge in [0.15, 0.2) is 0 Å². The molecule has 28 heavy (non-hydrogen) atoms. The molecule has 0 saturated carbocycles. The lowest BCUT2D eigenvalue weighted by atomic mass is 10.0. The largest absolute Gasteiger partial charge is 0.360 e. The van der Waals surface area contributed by atoms with Crippen LogP contribution in [0.2, 0.25) is 0 Å². The molecule has 2 N–H and O–H groups in total. The van der Waals surface area contributed by atoms with Gasteiger partial charge in [0.2, 0.25) is 11.8 Å². The molecule has 2 bridgehead atoms. The van der Waals surface area contributed by atoms with Crippen molar-refractivity contribution in [3.05, 3.63) is 29.1 Å². The molecule has 1 unspecified atom stereocenters. The van der Waals surface area contributed by atoms with Gasteiger partial charge >= 0.3 is 0 Å². The van der Waals surface area contributed by atoms with Gasteiger partial charge in [-0.2, -0.15) is 0 Å². The van der Waals surface area contributed by atoms with E-state index in [0.717, 1.165) is 17.7 Å². The number of anilines is 1. The predicted molar refractivity (Wildman–Crippen MR) is 95.2 cm³/mol. The molecule has 4 aliphatic heterocycles. The van der Waals surface area contributed by atoms with Crippen LogP contribution >= 0.6 is 0 Å². The highest BCUT2D eigenvalue weighted by molar-refractivity contribution is 6.25. The van der Waals surface area contributed by atoms with Crippen molar-refractivity contribution >= 4 is 29.3 Å². The molecule has 3 saturated heterocycles. The van der Waals surface area contributed by atoms with Crippen molar-refractivity contribution in [1.82, 2.24) is 15.5 Å². The molecule has 4 amide bonds. The Morgan fingerprint density at radius 1 is 0.964 bits per heavy atom. The van der Waals surface area contributed by atoms with Crippen molar-refractivity contribution in [3.8, 4) is 0 Å². The highest BCUT2D eigenvalue weighted by atomic mass is 19.1. The number of halogens is 1. The van der Waals surface area contributed by atoms with E-state index in [4.69, 9.17) is 0 Å². The summed E-state index contributed by atoms with van der Waals surface area (Å²) in [6.07, 6.45) is 1.90. The van der Waals surface area contributed by atoms with Crippen LogP contribution in [-0.4, -0.2) is 59.7 Å². The minimum absolute atomic E-state index is 0.0356. The van der Waals surface area contributed by atoms with Crippen molar-refractivity contribution in [1.29, 1.82) is 0 Å². The van der Waals surface area contributed by atoms with Gasteiger partial charge in [-0.05, 0) is 31.4 Å². The Labute approximate surface area is 160 Å². The second-order valence-corrected chi connectivity index (χ2v) is 7.72. The number of carbonyl (C=O) groups is 4. The van der Waals surface area contributed by atoms with Gasteiger partial charge in [0, 0.05) is 31.6 Å². The third-order valence-corrected chi connectivity index (χ3v) is 6.17. The number of hydrogen-bond donors (Lipinski definition) is 2. The predicted octanol–water partition coefficient (Wildman–Crippen LogP) is 0.168. The molecular formula is C19H19FN4O4. The number of amides is 4. The number of benzene rings is 1. The molecule has 146 valence electrons. The molecule has 0 spiro atoms. The topological polar surface area (TPSA) is 98.8 Å². The monoisotopic (exact) mass is 386 g/mol. The minimum atomic E-state index is -1.05. The van der Waals surface area contributed by atoms with Gasteiger partial charge in [0.05, 0.1) is 16.8 Å². The molecule has 0 aromatic heterocycles. The summed E-state index contributed by atoms with van der Waals surface area (Å²) in [4.78, 5) is 52.6. The van der Waals surface area contributed by atoms with E-state index in [1.165, 1.54) is 12.1 Å². The standard InChI is InChI=1S/C19H19FN4O4/c20-12-4-3-11-15(16(12)23-9-1-2-10(23)8-21-7-9)19(28)24(18(11)27)13-5-6-14(25)22-17(13)26/h3-4,9-10,13,21H,1-2,5-8H2,(H,22,25,26)/t9-,10+,13?. The molecule has 0 radical (unpaired) electrons. The summed E-state index contributed by atoms with van der Waals surface area (Å²) in [6, 6.07) is 1.60. The SMILES string of the molecule is O=C1CCC(N2C(=O)c3ccc(F)c(N4[C@@H]5CC[C@H]4CNC5)c3C2=O)C(=O)N1. The van der Waals surface area contributed by atoms with Crippen molar-refractivity contribution in [2.75, 3.05) is 18.0 Å². The lowest BCUT2D eigenvalue weighted by Crippen LogP contribution is -2.54. The van der Waals surface area contributed by atoms with E-state index in [-0.39, 0.29) is 41.7 Å². The fourth-order valence-electron chi connectivity index (χ4n) is 4.91. The Kier molecular flexibility index (Phi) is 3.77. The Morgan fingerprint density at radius 3 is 2.36 bits per heavy atom. The molecule has 0 aliphatic carbocycles. The lowest BCUT2D eigenvalue weighted by Gasteiger charge is -2.38. The van der Waals surface area contributed by atoms with Crippen LogP contribution in [0.5, 0.6) is 0 Å². The Balaban J connectivity index is 1.58. The van der Waals surface area contributed by atoms with E-state index in [1.54, 1.807) is 0 Å². The molecule has 4 aliphatic rings. The lowest BCUT2D eigenvalue weighted by molar-refractivity contribution is -0.136. The number of hydrogen-bond acceptors (Lipinski definition) is 6. The zero-order valence-electron chi connectivity index (χ0n) is 15.0. The number of rotatable bonds is 2. The summed E-state index contributed by atoms with van der Waals surface area (Å²) < 4.78 is 14.9. The number of imide groups is 2. The van der Waals surface area contributed by atoms with Crippen LogP contribution in [0, 0.1) is 5.82 Å². The average Bonchev–Trinajstić information content (AvgIpc) is 3.04. The Morgan fingerprint density at radius 2 is 1.68 bits per heavy atom. The first-order chi connectivity index (χ1) is 13.5. The smallest absolute Gasteiger partial charge is 0.264 e. The van der Waals surface area contributed by atoms with Crippen LogP contribution in [0.15, 0.2) is 12.1 Å². The van der Waals surface area contributed by atoms with Gasteiger partial charge in [-0.3, -0.25) is 29.4 Å². The van der Waals surface area contributed by atoms with Crippen LogP contribution in [0.1, 0.15) is 46.4 Å². The molecule has 4 heterocycles. The molecule has 3 atom stereocenters. The van der Waals surface area contributed by atoms with Crippen LogP contribution in [0.4, 0.5) is 10.1 Å². The summed E-state index contributed by atoms with van der Waals surface area (Å²) in [5, 5.41) is 5.48. The van der Waals surface area contributed by atoms with Crippen molar-refractivity contribution in [3.63, 3.8) is 0 Å². The van der Waals surface area contributed by atoms with E-state index in [1.807, 2.05) is 4.90 Å². The van der Waals surface area contributed by atoms with Gasteiger partial charge in [-0.1, -0.05) is 0 Å². The van der Waals surface area contributed by atoms with Gasteiger partial charge in [-0.15, -0.1) is 0 Å². The molecule has 1 aromatic rings. The normalized spacial score (nSPS) is 29.4. The minimum Gasteiger partial charge on any atom is -0.360 e. The fraction of sp³-hybridized carbons (Fsp3) is 0.474. The number of piperazine rings is 1. The van der Waals surface area contributed by atoms with Crippen LogP contribution < -0.4 is 15.5 Å². The van der Waals surface area contributed by atoms with E-state index < -0.39 is 35.5 Å². The summed E-state index contributed by atoms with van der Waals surface area (Å²) >= 11 is 0. The number of carbonyl (C=O) groups excluding carboxylic acids is 4. The fourth-order valence-corrected chi connectivity index (χ4v) is 4.91. The second-order valence-electron chi connectivity index (χ2n) is 7.72. The van der Waals surface area contributed by atoms with Crippen LogP contribution in [0.3, 0.4) is 0 Å². The number of piperidine rings is 1. The van der Waals surface area contributed by atoms with Gasteiger partial charge in [0.25, 0.3) is 11.8 Å². The second kappa shape index (κ2) is 6.10. The summed E-state index contributed by atoms with van der Waals surface area (Å²) in [6.45, 7) is 1.39. The van der Waals surface area contributed by atoms with Gasteiger partial charge in [-0.25, -0.2) is 4.39 Å². The average molecular weight is 386 g/mol. The maximum Gasteiger partial charge on any atom is 0.264 e. The van der Waals surface area contributed by atoms with E-state index in [0.29, 0.717) is 13.1 Å². The third-order valence-electron chi connectivity index (χ3n) is 6.17. The van der Waals surface area contributed by atoms with Crippen LogP contribution in [-0.2, 0) is 9.59 Å². The molecular weight excluding hydrogens is 367 g/mol.